The maximum absolute atomic E-state index is 12.4. The Morgan fingerprint density at radius 1 is 1.26 bits per heavy atom. The molecule has 1 saturated heterocycles. The van der Waals surface area contributed by atoms with Gasteiger partial charge in [0, 0.05) is 13.1 Å². The lowest BCUT2D eigenvalue weighted by atomic mass is 10.00. The van der Waals surface area contributed by atoms with Gasteiger partial charge in [-0.1, -0.05) is 19.1 Å². The largest absolute Gasteiger partial charge is 0.286 e. The van der Waals surface area contributed by atoms with Crippen LogP contribution in [0.3, 0.4) is 0 Å². The van der Waals surface area contributed by atoms with E-state index in [0.717, 1.165) is 24.5 Å². The second-order valence-electron chi connectivity index (χ2n) is 5.48. The van der Waals surface area contributed by atoms with Crippen LogP contribution in [0.1, 0.15) is 19.8 Å². The summed E-state index contributed by atoms with van der Waals surface area (Å²) < 4.78 is 1.72. The number of nitrogens with zero attached hydrogens (tertiary/aromatic N) is 3. The second kappa shape index (κ2) is 5.13. The van der Waals surface area contributed by atoms with Gasteiger partial charge >= 0.3 is 0 Å². The van der Waals surface area contributed by atoms with Gasteiger partial charge in [-0.2, -0.15) is 0 Å². The summed E-state index contributed by atoms with van der Waals surface area (Å²) in [6, 6.07) is 7.52. The molecule has 0 saturated carbocycles. The van der Waals surface area contributed by atoms with E-state index in [1.165, 1.54) is 12.8 Å². The zero-order valence-electron chi connectivity index (χ0n) is 11.2. The fraction of sp³-hybridized carbons (Fsp3) is 0.467. The average Bonchev–Trinajstić information content (AvgIpc) is 2.45. The standard InChI is InChI=1S/C15H19N3O/c1-12-6-8-17(9-7-12)11-18-10-16-14-5-3-2-4-13(14)15(18)19/h2-5,10,12H,6-9,11H2,1H3. The van der Waals surface area contributed by atoms with Crippen LogP contribution >= 0.6 is 0 Å². The minimum absolute atomic E-state index is 0.0595. The van der Waals surface area contributed by atoms with Crippen molar-refractivity contribution in [3.05, 3.63) is 40.9 Å². The summed E-state index contributed by atoms with van der Waals surface area (Å²) >= 11 is 0. The second-order valence-corrected chi connectivity index (χ2v) is 5.48. The molecule has 1 aromatic carbocycles. The van der Waals surface area contributed by atoms with Crippen molar-refractivity contribution in [2.45, 2.75) is 26.4 Å². The molecule has 0 N–H and O–H groups in total. The summed E-state index contributed by atoms with van der Waals surface area (Å²) in [5, 5.41) is 0.704. The number of fused-ring (bicyclic) bond motifs is 1. The molecule has 0 amide bonds. The predicted octanol–water partition coefficient (Wildman–Crippen LogP) is 2.09. The molecule has 0 aliphatic carbocycles. The highest BCUT2D eigenvalue weighted by Crippen LogP contribution is 2.16. The highest BCUT2D eigenvalue weighted by molar-refractivity contribution is 5.76. The summed E-state index contributed by atoms with van der Waals surface area (Å²) in [5.74, 6) is 0.808. The quantitative estimate of drug-likeness (QED) is 0.826. The van der Waals surface area contributed by atoms with E-state index in [4.69, 9.17) is 0 Å². The monoisotopic (exact) mass is 257 g/mol. The molecule has 0 unspecified atom stereocenters. The SMILES string of the molecule is CC1CCN(Cn2cnc3ccccc3c2=O)CC1. The normalized spacial score (nSPS) is 17.9. The molecule has 1 aliphatic rings. The van der Waals surface area contributed by atoms with Gasteiger partial charge in [0.25, 0.3) is 5.56 Å². The Kier molecular flexibility index (Phi) is 3.34. The molecule has 0 bridgehead atoms. The van der Waals surface area contributed by atoms with Gasteiger partial charge in [0.1, 0.15) is 0 Å². The lowest BCUT2D eigenvalue weighted by Gasteiger charge is -2.30. The maximum atomic E-state index is 12.4. The number of rotatable bonds is 2. The van der Waals surface area contributed by atoms with Crippen LogP contribution in [0.5, 0.6) is 0 Å². The zero-order valence-corrected chi connectivity index (χ0v) is 11.2. The summed E-state index contributed by atoms with van der Waals surface area (Å²) in [6.45, 7) is 5.09. The fourth-order valence-corrected chi connectivity index (χ4v) is 2.63. The molecule has 0 atom stereocenters. The van der Waals surface area contributed by atoms with Crippen molar-refractivity contribution in [2.75, 3.05) is 13.1 Å². The molecule has 1 aromatic heterocycles. The Bertz CT molecular complexity index is 627. The fourth-order valence-electron chi connectivity index (χ4n) is 2.63. The highest BCUT2D eigenvalue weighted by Gasteiger charge is 2.16. The van der Waals surface area contributed by atoms with E-state index in [-0.39, 0.29) is 5.56 Å². The molecule has 19 heavy (non-hydrogen) atoms. The van der Waals surface area contributed by atoms with Crippen LogP contribution in [-0.2, 0) is 6.67 Å². The molecule has 0 spiro atoms. The van der Waals surface area contributed by atoms with Crippen LogP contribution in [0, 0.1) is 5.92 Å². The first-order valence-corrected chi connectivity index (χ1v) is 6.90. The summed E-state index contributed by atoms with van der Waals surface area (Å²) in [5.41, 5.74) is 0.834. The molecule has 1 fully saturated rings. The van der Waals surface area contributed by atoms with Gasteiger partial charge in [-0.05, 0) is 30.9 Å². The molecule has 3 rings (SSSR count). The number of para-hydroxylation sites is 1. The lowest BCUT2D eigenvalue weighted by molar-refractivity contribution is 0.152. The van der Waals surface area contributed by atoms with Gasteiger partial charge < -0.3 is 0 Å². The van der Waals surface area contributed by atoms with E-state index in [1.807, 2.05) is 24.3 Å². The van der Waals surface area contributed by atoms with Crippen LogP contribution in [0.25, 0.3) is 10.9 Å². The molecule has 0 radical (unpaired) electrons. The lowest BCUT2D eigenvalue weighted by Crippen LogP contribution is -2.37. The van der Waals surface area contributed by atoms with Crippen molar-refractivity contribution >= 4 is 10.9 Å². The topological polar surface area (TPSA) is 38.1 Å². The van der Waals surface area contributed by atoms with E-state index >= 15 is 0 Å². The molecule has 4 nitrogen and oxygen atoms in total. The van der Waals surface area contributed by atoms with Crippen LogP contribution < -0.4 is 5.56 Å². The van der Waals surface area contributed by atoms with Crippen LogP contribution in [0.4, 0.5) is 0 Å². The molecule has 2 heterocycles. The van der Waals surface area contributed by atoms with Gasteiger partial charge in [-0.3, -0.25) is 14.3 Å². The molecule has 4 heteroatoms. The minimum Gasteiger partial charge on any atom is -0.286 e. The van der Waals surface area contributed by atoms with Crippen molar-refractivity contribution < 1.29 is 0 Å². The van der Waals surface area contributed by atoms with Crippen LogP contribution in [0.15, 0.2) is 35.4 Å². The predicted molar refractivity (Wildman–Crippen MR) is 76.0 cm³/mol. The first-order chi connectivity index (χ1) is 9.24. The van der Waals surface area contributed by atoms with E-state index in [0.29, 0.717) is 12.1 Å². The van der Waals surface area contributed by atoms with Crippen molar-refractivity contribution in [2.24, 2.45) is 5.92 Å². The van der Waals surface area contributed by atoms with Crippen molar-refractivity contribution in [3.8, 4) is 0 Å². The first-order valence-electron chi connectivity index (χ1n) is 6.90. The van der Waals surface area contributed by atoms with Crippen molar-refractivity contribution in [1.82, 2.24) is 14.5 Å². The Hall–Kier alpha value is -1.68. The van der Waals surface area contributed by atoms with Crippen LogP contribution in [0.2, 0.25) is 0 Å². The first kappa shape index (κ1) is 12.4. The number of hydrogen-bond donors (Lipinski definition) is 0. The summed E-state index contributed by atoms with van der Waals surface area (Å²) in [4.78, 5) is 19.1. The van der Waals surface area contributed by atoms with Crippen molar-refractivity contribution in [3.63, 3.8) is 0 Å². The van der Waals surface area contributed by atoms with Gasteiger partial charge in [0.2, 0.25) is 0 Å². The maximum Gasteiger partial charge on any atom is 0.262 e. The molecule has 100 valence electrons. The number of aromatic nitrogens is 2. The summed E-state index contributed by atoms with van der Waals surface area (Å²) in [6.07, 6.45) is 4.11. The third-order valence-corrected chi connectivity index (χ3v) is 3.96. The number of benzene rings is 1. The zero-order chi connectivity index (χ0) is 13.2. The van der Waals surface area contributed by atoms with E-state index in [2.05, 4.69) is 16.8 Å². The summed E-state index contributed by atoms with van der Waals surface area (Å²) in [7, 11) is 0. The highest BCUT2D eigenvalue weighted by atomic mass is 16.1. The van der Waals surface area contributed by atoms with Crippen molar-refractivity contribution in [1.29, 1.82) is 0 Å². The number of piperidine rings is 1. The van der Waals surface area contributed by atoms with Gasteiger partial charge in [-0.15, -0.1) is 0 Å². The van der Waals surface area contributed by atoms with Gasteiger partial charge in [0.05, 0.1) is 23.9 Å². The Morgan fingerprint density at radius 3 is 2.79 bits per heavy atom. The van der Waals surface area contributed by atoms with E-state index in [9.17, 15) is 4.79 Å². The number of hydrogen-bond acceptors (Lipinski definition) is 3. The molecular weight excluding hydrogens is 238 g/mol. The van der Waals surface area contributed by atoms with Gasteiger partial charge in [0.15, 0.2) is 0 Å². The third kappa shape index (κ3) is 2.54. The Balaban J connectivity index is 1.85. The smallest absolute Gasteiger partial charge is 0.262 e. The molecule has 2 aromatic rings. The molecular formula is C15H19N3O. The van der Waals surface area contributed by atoms with Gasteiger partial charge in [-0.25, -0.2) is 4.98 Å². The third-order valence-electron chi connectivity index (χ3n) is 3.96. The Labute approximate surface area is 112 Å². The average molecular weight is 257 g/mol. The molecule has 1 aliphatic heterocycles. The van der Waals surface area contributed by atoms with E-state index < -0.39 is 0 Å². The van der Waals surface area contributed by atoms with Crippen LogP contribution in [-0.4, -0.2) is 27.5 Å². The Morgan fingerprint density at radius 2 is 2.00 bits per heavy atom. The van der Waals surface area contributed by atoms with E-state index in [1.54, 1.807) is 10.9 Å². The number of likely N-dealkylation sites (tertiary alicyclic amines) is 1. The minimum atomic E-state index is 0.0595.